The van der Waals surface area contributed by atoms with E-state index in [4.69, 9.17) is 15.2 Å². The van der Waals surface area contributed by atoms with Crippen LogP contribution in [0.3, 0.4) is 0 Å². The van der Waals surface area contributed by atoms with Crippen molar-refractivity contribution < 1.29 is 9.47 Å². The van der Waals surface area contributed by atoms with Crippen LogP contribution in [0.1, 0.15) is 63.5 Å². The second kappa shape index (κ2) is 7.20. The van der Waals surface area contributed by atoms with Crippen LogP contribution in [0, 0.1) is 33.5 Å². The number of hydrogen-bond donors (Lipinski definition) is 1. The van der Waals surface area contributed by atoms with Gasteiger partial charge < -0.3 is 15.2 Å². The van der Waals surface area contributed by atoms with E-state index in [1.54, 1.807) is 0 Å². The monoisotopic (exact) mass is 380 g/mol. The molecule has 1 aliphatic carbocycles. The molecule has 3 rings (SSSR count). The van der Waals surface area contributed by atoms with E-state index < -0.39 is 22.7 Å². The second-order valence-corrected chi connectivity index (χ2v) is 7.87. The van der Waals surface area contributed by atoms with Gasteiger partial charge in [-0.15, -0.1) is 0 Å². The molecule has 6 nitrogen and oxygen atoms in total. The van der Waals surface area contributed by atoms with E-state index in [1.165, 1.54) is 5.56 Å². The predicted molar refractivity (Wildman–Crippen MR) is 106 cm³/mol. The Kier molecular flexibility index (Phi) is 5.23. The van der Waals surface area contributed by atoms with Gasteiger partial charge in [-0.2, -0.15) is 10.5 Å². The van der Waals surface area contributed by atoms with Crippen LogP contribution in [0.5, 0.6) is 0 Å². The molecule has 2 aliphatic rings. The predicted octanol–water partition coefficient (Wildman–Crippen LogP) is 3.80. The largest absolute Gasteiger partial charge is 0.386 e. The van der Waals surface area contributed by atoms with Crippen LogP contribution >= 0.6 is 0 Å². The van der Waals surface area contributed by atoms with Gasteiger partial charge in [-0.25, -0.2) is 4.99 Å². The number of nitrogens with zero attached hydrogens (tertiary/aromatic N) is 3. The van der Waals surface area contributed by atoms with Gasteiger partial charge in [-0.3, -0.25) is 0 Å². The second-order valence-electron chi connectivity index (χ2n) is 7.87. The molecule has 0 amide bonds. The van der Waals surface area contributed by atoms with Crippen molar-refractivity contribution in [1.82, 2.24) is 0 Å². The minimum Gasteiger partial charge on any atom is -0.386 e. The number of amidine groups is 1. The quantitative estimate of drug-likeness (QED) is 0.691. The standard InChI is InChI=1S/C22H28N4O2/c1-5-11-27-22(28-12-6-2)21(14-24)18(20(21,13-23)19(25)26-22)17-9-7-16(8-10-17)15(3)4/h7-10,15,18H,5-6,11-12H2,1-4H3,(H2,25,26). The number of fused-ring (bicyclic) bond motifs is 1. The Morgan fingerprint density at radius 1 is 1.07 bits per heavy atom. The summed E-state index contributed by atoms with van der Waals surface area (Å²) in [4.78, 5) is 4.44. The van der Waals surface area contributed by atoms with Gasteiger partial charge in [0.15, 0.2) is 5.41 Å². The summed E-state index contributed by atoms with van der Waals surface area (Å²) in [5, 5.41) is 20.4. The molecule has 1 heterocycles. The minimum absolute atomic E-state index is 0.127. The summed E-state index contributed by atoms with van der Waals surface area (Å²) in [6.07, 6.45) is 1.48. The van der Waals surface area contributed by atoms with Crippen LogP contribution in [-0.4, -0.2) is 25.0 Å². The Bertz CT molecular complexity index is 841. The zero-order chi connectivity index (χ0) is 20.6. The van der Waals surface area contributed by atoms with Crippen LogP contribution in [0.4, 0.5) is 0 Å². The van der Waals surface area contributed by atoms with Gasteiger partial charge >= 0.3 is 0 Å². The van der Waals surface area contributed by atoms with Gasteiger partial charge in [-0.05, 0) is 29.9 Å². The number of nitrogens with two attached hydrogens (primary N) is 1. The Labute approximate surface area is 167 Å². The van der Waals surface area contributed by atoms with E-state index in [0.717, 1.165) is 18.4 Å². The first kappa shape index (κ1) is 20.3. The Morgan fingerprint density at radius 3 is 2.07 bits per heavy atom. The summed E-state index contributed by atoms with van der Waals surface area (Å²) in [7, 11) is 0. The van der Waals surface area contributed by atoms with Gasteiger partial charge in [0.2, 0.25) is 0 Å². The lowest BCUT2D eigenvalue weighted by molar-refractivity contribution is -0.259. The molecule has 0 bridgehead atoms. The number of benzene rings is 1. The SMILES string of the molecule is CCCOC1(OCCC)N=C(N)C2(C#N)C(c3ccc(C(C)C)cc3)C12C#N. The highest BCUT2D eigenvalue weighted by molar-refractivity contribution is 6.00. The van der Waals surface area contributed by atoms with Crippen molar-refractivity contribution in [2.24, 2.45) is 21.6 Å². The molecule has 1 aliphatic heterocycles. The first-order valence-corrected chi connectivity index (χ1v) is 9.96. The number of hydrogen-bond acceptors (Lipinski definition) is 6. The van der Waals surface area contributed by atoms with Crippen LogP contribution in [0.2, 0.25) is 0 Å². The molecule has 3 atom stereocenters. The maximum atomic E-state index is 10.3. The summed E-state index contributed by atoms with van der Waals surface area (Å²) in [6.45, 7) is 8.93. The molecule has 1 aromatic carbocycles. The van der Waals surface area contributed by atoms with Crippen LogP contribution < -0.4 is 5.73 Å². The number of rotatable bonds is 8. The highest BCUT2D eigenvalue weighted by atomic mass is 16.7. The fourth-order valence-corrected chi connectivity index (χ4v) is 4.41. The number of nitriles is 2. The van der Waals surface area contributed by atoms with Crippen molar-refractivity contribution >= 4 is 5.84 Å². The average Bonchev–Trinajstić information content (AvgIpc) is 3.28. The first-order chi connectivity index (χ1) is 13.4. The van der Waals surface area contributed by atoms with Gasteiger partial charge in [0, 0.05) is 5.92 Å². The van der Waals surface area contributed by atoms with Crippen LogP contribution in [-0.2, 0) is 9.47 Å². The van der Waals surface area contributed by atoms with Crippen molar-refractivity contribution in [2.45, 2.75) is 58.3 Å². The highest BCUT2D eigenvalue weighted by Gasteiger charge is 2.93. The van der Waals surface area contributed by atoms with Gasteiger partial charge in [0.05, 0.1) is 25.4 Å². The summed E-state index contributed by atoms with van der Waals surface area (Å²) >= 11 is 0. The lowest BCUT2D eigenvalue weighted by atomic mass is 9.93. The molecule has 1 saturated carbocycles. The molecule has 0 saturated heterocycles. The van der Waals surface area contributed by atoms with E-state index in [1.807, 2.05) is 38.1 Å². The third kappa shape index (κ3) is 2.42. The molecular formula is C22H28N4O2. The van der Waals surface area contributed by atoms with Crippen molar-refractivity contribution in [3.8, 4) is 12.1 Å². The number of ether oxygens (including phenoxy) is 2. The van der Waals surface area contributed by atoms with E-state index in [-0.39, 0.29) is 5.84 Å². The molecule has 2 N–H and O–H groups in total. The molecule has 148 valence electrons. The molecule has 1 fully saturated rings. The third-order valence-electron chi connectivity index (χ3n) is 5.87. The highest BCUT2D eigenvalue weighted by Crippen LogP contribution is 2.82. The van der Waals surface area contributed by atoms with Crippen LogP contribution in [0.15, 0.2) is 29.3 Å². The Hall–Kier alpha value is -2.41. The first-order valence-electron chi connectivity index (χ1n) is 9.96. The summed E-state index contributed by atoms with van der Waals surface area (Å²) in [5.41, 5.74) is 5.83. The van der Waals surface area contributed by atoms with E-state index in [0.29, 0.717) is 19.1 Å². The molecule has 1 aromatic rings. The number of aliphatic imine (C=N–C) groups is 1. The smallest absolute Gasteiger partial charge is 0.293 e. The molecule has 0 aromatic heterocycles. The topological polar surface area (TPSA) is 104 Å². The van der Waals surface area contributed by atoms with E-state index in [9.17, 15) is 10.5 Å². The fourth-order valence-electron chi connectivity index (χ4n) is 4.41. The third-order valence-corrected chi connectivity index (χ3v) is 5.87. The molecule has 6 heteroatoms. The van der Waals surface area contributed by atoms with Crippen molar-refractivity contribution in [3.05, 3.63) is 35.4 Å². The minimum atomic E-state index is -1.55. The molecular weight excluding hydrogens is 352 g/mol. The van der Waals surface area contributed by atoms with Crippen molar-refractivity contribution in [2.75, 3.05) is 13.2 Å². The molecule has 28 heavy (non-hydrogen) atoms. The van der Waals surface area contributed by atoms with E-state index >= 15 is 0 Å². The Morgan fingerprint density at radius 2 is 1.64 bits per heavy atom. The molecule has 0 spiro atoms. The summed E-state index contributed by atoms with van der Waals surface area (Å²) < 4.78 is 12.1. The Balaban J connectivity index is 2.12. The zero-order valence-electron chi connectivity index (χ0n) is 17.0. The summed E-state index contributed by atoms with van der Waals surface area (Å²) in [6, 6.07) is 12.7. The zero-order valence-corrected chi connectivity index (χ0v) is 17.0. The van der Waals surface area contributed by atoms with Gasteiger partial charge in [-0.1, -0.05) is 52.0 Å². The maximum Gasteiger partial charge on any atom is 0.293 e. The normalized spacial score (nSPS) is 29.7. The van der Waals surface area contributed by atoms with Gasteiger partial charge in [0.1, 0.15) is 11.3 Å². The van der Waals surface area contributed by atoms with E-state index in [2.05, 4.69) is 31.0 Å². The van der Waals surface area contributed by atoms with Crippen molar-refractivity contribution in [1.29, 1.82) is 10.5 Å². The average molecular weight is 380 g/mol. The maximum absolute atomic E-state index is 10.3. The lowest BCUT2D eigenvalue weighted by Crippen LogP contribution is -2.44. The lowest BCUT2D eigenvalue weighted by Gasteiger charge is -2.32. The molecule has 3 unspecified atom stereocenters. The summed E-state index contributed by atoms with van der Waals surface area (Å²) in [5.74, 6) is -1.46. The molecule has 0 radical (unpaired) electrons. The van der Waals surface area contributed by atoms with Gasteiger partial charge in [0.25, 0.3) is 5.91 Å². The fraction of sp³-hybridized carbons (Fsp3) is 0.591. The van der Waals surface area contributed by atoms with Crippen molar-refractivity contribution in [3.63, 3.8) is 0 Å². The van der Waals surface area contributed by atoms with Crippen LogP contribution in [0.25, 0.3) is 0 Å².